The van der Waals surface area contributed by atoms with Crippen LogP contribution in [0, 0.1) is 0 Å². The van der Waals surface area contributed by atoms with Crippen LogP contribution < -0.4 is 5.32 Å². The first-order valence-corrected chi connectivity index (χ1v) is 8.10. The van der Waals surface area contributed by atoms with Crippen molar-refractivity contribution in [2.24, 2.45) is 0 Å². The first-order chi connectivity index (χ1) is 11.8. The van der Waals surface area contributed by atoms with Gasteiger partial charge in [0.05, 0.1) is 35.4 Å². The molecule has 5 heteroatoms. The molecule has 2 heterocycles. The van der Waals surface area contributed by atoms with E-state index in [1.165, 1.54) is 0 Å². The Morgan fingerprint density at radius 3 is 2.62 bits per heavy atom. The summed E-state index contributed by atoms with van der Waals surface area (Å²) >= 11 is 0. The van der Waals surface area contributed by atoms with E-state index in [2.05, 4.69) is 22.3 Å². The van der Waals surface area contributed by atoms with E-state index < -0.39 is 0 Å². The Bertz CT molecular complexity index is 797. The normalized spacial score (nSPS) is 10.5. The summed E-state index contributed by atoms with van der Waals surface area (Å²) < 4.78 is 1.85. The van der Waals surface area contributed by atoms with Gasteiger partial charge >= 0.3 is 0 Å². The molecule has 1 amide bonds. The second kappa shape index (κ2) is 7.55. The molecule has 0 spiro atoms. The van der Waals surface area contributed by atoms with Gasteiger partial charge in [-0.2, -0.15) is 5.10 Å². The van der Waals surface area contributed by atoms with Gasteiger partial charge in [-0.05, 0) is 30.7 Å². The number of rotatable bonds is 6. The quantitative estimate of drug-likeness (QED) is 0.759. The minimum absolute atomic E-state index is 0.119. The molecule has 0 radical (unpaired) electrons. The van der Waals surface area contributed by atoms with E-state index in [-0.39, 0.29) is 5.91 Å². The number of nitrogens with one attached hydrogen (secondary N) is 1. The average Bonchev–Trinajstić information content (AvgIpc) is 3.05. The molecule has 0 unspecified atom stereocenters. The molecule has 0 atom stereocenters. The summed E-state index contributed by atoms with van der Waals surface area (Å²) in [4.78, 5) is 16.8. The highest BCUT2D eigenvalue weighted by atomic mass is 16.1. The first-order valence-electron chi connectivity index (χ1n) is 8.10. The lowest BCUT2D eigenvalue weighted by Crippen LogP contribution is -2.24. The maximum atomic E-state index is 12.6. The van der Waals surface area contributed by atoms with Crippen LogP contribution in [-0.4, -0.2) is 20.7 Å². The number of pyridine rings is 1. The smallest absolute Gasteiger partial charge is 0.255 e. The Morgan fingerprint density at radius 1 is 1.12 bits per heavy atom. The monoisotopic (exact) mass is 320 g/mol. The lowest BCUT2D eigenvalue weighted by atomic mass is 10.1. The van der Waals surface area contributed by atoms with E-state index in [1.807, 2.05) is 53.2 Å². The van der Waals surface area contributed by atoms with Crippen molar-refractivity contribution in [3.63, 3.8) is 0 Å². The fraction of sp³-hybridized carbons (Fsp3) is 0.211. The summed E-state index contributed by atoms with van der Waals surface area (Å²) in [7, 11) is 0. The molecule has 0 aliphatic carbocycles. The number of carbonyl (C=O) groups excluding carboxylic acids is 1. The predicted molar refractivity (Wildman–Crippen MR) is 93.0 cm³/mol. The zero-order chi connectivity index (χ0) is 16.8. The van der Waals surface area contributed by atoms with Gasteiger partial charge in [0.15, 0.2) is 0 Å². The molecule has 3 aromatic rings. The van der Waals surface area contributed by atoms with Crippen LogP contribution >= 0.6 is 0 Å². The van der Waals surface area contributed by atoms with Crippen molar-refractivity contribution in [2.45, 2.75) is 26.3 Å². The minimum atomic E-state index is -0.119. The molecule has 122 valence electrons. The molecule has 3 rings (SSSR count). The van der Waals surface area contributed by atoms with Gasteiger partial charge in [0.25, 0.3) is 5.91 Å². The Balaban J connectivity index is 1.82. The van der Waals surface area contributed by atoms with Crippen molar-refractivity contribution >= 4 is 5.91 Å². The highest BCUT2D eigenvalue weighted by Crippen LogP contribution is 2.17. The first kappa shape index (κ1) is 15.9. The SMILES string of the molecule is CCCc1c(C(=O)NCc2ccccn2)cnn1-c1ccccc1. The zero-order valence-corrected chi connectivity index (χ0v) is 13.6. The number of amides is 1. The number of aromatic nitrogens is 3. The maximum Gasteiger partial charge on any atom is 0.255 e. The zero-order valence-electron chi connectivity index (χ0n) is 13.6. The summed E-state index contributed by atoms with van der Waals surface area (Å²) in [5.41, 5.74) is 3.35. The molecule has 1 aromatic carbocycles. The van der Waals surface area contributed by atoms with Gasteiger partial charge in [-0.3, -0.25) is 9.78 Å². The van der Waals surface area contributed by atoms with Crippen LogP contribution in [0.3, 0.4) is 0 Å². The molecule has 1 N–H and O–H groups in total. The van der Waals surface area contributed by atoms with Crippen molar-refractivity contribution < 1.29 is 4.79 Å². The van der Waals surface area contributed by atoms with Crippen molar-refractivity contribution in [1.82, 2.24) is 20.1 Å². The topological polar surface area (TPSA) is 59.8 Å². The molecular formula is C19H20N4O. The fourth-order valence-electron chi connectivity index (χ4n) is 2.60. The molecule has 0 aliphatic heterocycles. The lowest BCUT2D eigenvalue weighted by molar-refractivity contribution is 0.0949. The fourth-order valence-corrected chi connectivity index (χ4v) is 2.60. The average molecular weight is 320 g/mol. The molecule has 0 aliphatic rings. The highest BCUT2D eigenvalue weighted by molar-refractivity contribution is 5.95. The molecule has 5 nitrogen and oxygen atoms in total. The predicted octanol–water partition coefficient (Wildman–Crippen LogP) is 3.15. The van der Waals surface area contributed by atoms with Crippen LogP contribution in [0.25, 0.3) is 5.69 Å². The van der Waals surface area contributed by atoms with E-state index in [0.29, 0.717) is 12.1 Å². The van der Waals surface area contributed by atoms with Crippen LogP contribution in [0.5, 0.6) is 0 Å². The van der Waals surface area contributed by atoms with E-state index in [0.717, 1.165) is 29.9 Å². The molecular weight excluding hydrogens is 300 g/mol. The van der Waals surface area contributed by atoms with Crippen LogP contribution in [0.2, 0.25) is 0 Å². The molecule has 24 heavy (non-hydrogen) atoms. The van der Waals surface area contributed by atoms with Gasteiger partial charge in [0, 0.05) is 6.20 Å². The number of para-hydroxylation sites is 1. The molecule has 0 bridgehead atoms. The molecule has 0 fully saturated rings. The van der Waals surface area contributed by atoms with Crippen molar-refractivity contribution in [3.05, 3.63) is 77.9 Å². The van der Waals surface area contributed by atoms with E-state index in [9.17, 15) is 4.79 Å². The van der Waals surface area contributed by atoms with Gasteiger partial charge in [-0.25, -0.2) is 4.68 Å². The second-order valence-electron chi connectivity index (χ2n) is 5.51. The third kappa shape index (κ3) is 3.51. The maximum absolute atomic E-state index is 12.6. The Kier molecular flexibility index (Phi) is 5.01. The molecule has 0 saturated carbocycles. The van der Waals surface area contributed by atoms with Crippen LogP contribution in [0.15, 0.2) is 60.9 Å². The number of benzene rings is 1. The molecule has 0 saturated heterocycles. The third-order valence-corrected chi connectivity index (χ3v) is 3.76. The molecule has 2 aromatic heterocycles. The minimum Gasteiger partial charge on any atom is -0.346 e. The van der Waals surface area contributed by atoms with E-state index in [4.69, 9.17) is 0 Å². The van der Waals surface area contributed by atoms with Crippen LogP contribution in [-0.2, 0) is 13.0 Å². The summed E-state index contributed by atoms with van der Waals surface area (Å²) in [6, 6.07) is 15.5. The standard InChI is InChI=1S/C19H20N4O/c1-2-8-18-17(14-22-23(18)16-10-4-3-5-11-16)19(24)21-13-15-9-6-7-12-20-15/h3-7,9-12,14H,2,8,13H2,1H3,(H,21,24). The summed E-state index contributed by atoms with van der Waals surface area (Å²) in [6.07, 6.45) is 5.10. The number of hydrogen-bond acceptors (Lipinski definition) is 3. The van der Waals surface area contributed by atoms with Crippen LogP contribution in [0.1, 0.15) is 35.1 Å². The number of carbonyl (C=O) groups is 1. The van der Waals surface area contributed by atoms with Gasteiger partial charge in [0.1, 0.15) is 0 Å². The van der Waals surface area contributed by atoms with Crippen molar-refractivity contribution in [3.8, 4) is 5.69 Å². The summed E-state index contributed by atoms with van der Waals surface area (Å²) in [5.74, 6) is -0.119. The van der Waals surface area contributed by atoms with Crippen LogP contribution in [0.4, 0.5) is 0 Å². The summed E-state index contributed by atoms with van der Waals surface area (Å²) in [6.45, 7) is 2.50. The summed E-state index contributed by atoms with van der Waals surface area (Å²) in [5, 5.41) is 7.35. The van der Waals surface area contributed by atoms with Gasteiger partial charge in [0.2, 0.25) is 0 Å². The van der Waals surface area contributed by atoms with Gasteiger partial charge < -0.3 is 5.32 Å². The largest absolute Gasteiger partial charge is 0.346 e. The second-order valence-corrected chi connectivity index (χ2v) is 5.51. The third-order valence-electron chi connectivity index (χ3n) is 3.76. The highest BCUT2D eigenvalue weighted by Gasteiger charge is 2.17. The van der Waals surface area contributed by atoms with Crippen molar-refractivity contribution in [1.29, 1.82) is 0 Å². The number of nitrogens with zero attached hydrogens (tertiary/aromatic N) is 3. The van der Waals surface area contributed by atoms with Crippen molar-refractivity contribution in [2.75, 3.05) is 0 Å². The Morgan fingerprint density at radius 2 is 1.92 bits per heavy atom. The lowest BCUT2D eigenvalue weighted by Gasteiger charge is -2.09. The Hall–Kier alpha value is -2.95. The van der Waals surface area contributed by atoms with Gasteiger partial charge in [-0.15, -0.1) is 0 Å². The number of hydrogen-bond donors (Lipinski definition) is 1. The van der Waals surface area contributed by atoms with E-state index in [1.54, 1.807) is 12.4 Å². The van der Waals surface area contributed by atoms with E-state index >= 15 is 0 Å². The van der Waals surface area contributed by atoms with Gasteiger partial charge in [-0.1, -0.05) is 37.6 Å². The Labute approximate surface area is 141 Å².